The molecule has 0 unspecified atom stereocenters. The number of fused-ring (bicyclic) bond motifs is 1. The van der Waals surface area contributed by atoms with E-state index < -0.39 is 23.3 Å². The van der Waals surface area contributed by atoms with Crippen LogP contribution in [0.2, 0.25) is 0 Å². The molecule has 2 aromatic rings. The van der Waals surface area contributed by atoms with Gasteiger partial charge in [0.15, 0.2) is 5.78 Å². The zero-order valence-corrected chi connectivity index (χ0v) is 21.3. The number of benzene rings is 2. The average Bonchev–Trinajstić information content (AvgIpc) is 3.25. The number of carbonyl (C=O) groups is 4. The van der Waals surface area contributed by atoms with Gasteiger partial charge in [-0.05, 0) is 73.9 Å². The summed E-state index contributed by atoms with van der Waals surface area (Å²) >= 11 is 0. The van der Waals surface area contributed by atoms with Crippen molar-refractivity contribution >= 4 is 29.3 Å². The normalized spacial score (nSPS) is 15.9. The van der Waals surface area contributed by atoms with Gasteiger partial charge in [-0.3, -0.25) is 14.4 Å². The Hall–Kier alpha value is -4.00. The summed E-state index contributed by atoms with van der Waals surface area (Å²) in [6.45, 7) is 3.48. The molecular formula is C30H30O7. The van der Waals surface area contributed by atoms with Crippen LogP contribution in [0.5, 0.6) is 0 Å². The predicted octanol–water partition coefficient (Wildman–Crippen LogP) is 4.99. The highest BCUT2D eigenvalue weighted by Gasteiger charge is 2.60. The van der Waals surface area contributed by atoms with Gasteiger partial charge in [-0.2, -0.15) is 0 Å². The Bertz CT molecular complexity index is 1280. The first-order chi connectivity index (χ1) is 17.9. The molecule has 0 N–H and O–H groups in total. The van der Waals surface area contributed by atoms with Gasteiger partial charge in [-0.15, -0.1) is 0 Å². The van der Waals surface area contributed by atoms with Gasteiger partial charge >= 0.3 is 17.9 Å². The number of esters is 3. The largest absolute Gasteiger partial charge is 0.465 e. The Morgan fingerprint density at radius 3 is 2.03 bits per heavy atom. The molecule has 0 atom stereocenters. The van der Waals surface area contributed by atoms with Crippen LogP contribution in [0.25, 0.3) is 5.57 Å². The van der Waals surface area contributed by atoms with E-state index in [9.17, 15) is 19.2 Å². The van der Waals surface area contributed by atoms with Crippen molar-refractivity contribution in [3.63, 3.8) is 0 Å². The van der Waals surface area contributed by atoms with Crippen LogP contribution in [0.15, 0.2) is 65.8 Å². The molecule has 0 spiro atoms. The third-order valence-corrected chi connectivity index (χ3v) is 6.80. The molecule has 0 saturated carbocycles. The highest BCUT2D eigenvalue weighted by atomic mass is 16.6. The molecule has 0 bridgehead atoms. The third-order valence-electron chi connectivity index (χ3n) is 6.80. The zero-order valence-electron chi connectivity index (χ0n) is 21.3. The molecule has 0 aliphatic heterocycles. The summed E-state index contributed by atoms with van der Waals surface area (Å²) in [5.41, 5.74) is 0.969. The number of ether oxygens (including phenoxy) is 3. The molecule has 2 aliphatic carbocycles. The topological polar surface area (TPSA) is 96.0 Å². The summed E-state index contributed by atoms with van der Waals surface area (Å²) in [6, 6.07) is 13.1. The Balaban J connectivity index is 2.03. The molecule has 7 heteroatoms. The highest BCUT2D eigenvalue weighted by Crippen LogP contribution is 2.53. The lowest BCUT2D eigenvalue weighted by Crippen LogP contribution is -2.47. The molecular weight excluding hydrogens is 472 g/mol. The van der Waals surface area contributed by atoms with Gasteiger partial charge in [-0.25, -0.2) is 4.79 Å². The average molecular weight is 503 g/mol. The fraction of sp³-hybridized carbons (Fsp3) is 0.333. The second kappa shape index (κ2) is 10.9. The molecule has 0 saturated heterocycles. The predicted molar refractivity (Wildman–Crippen MR) is 137 cm³/mol. The summed E-state index contributed by atoms with van der Waals surface area (Å²) in [5.74, 6) is -2.39. The van der Waals surface area contributed by atoms with Gasteiger partial charge in [0.2, 0.25) is 5.41 Å². The maximum atomic E-state index is 14.2. The summed E-state index contributed by atoms with van der Waals surface area (Å²) in [6.07, 6.45) is 5.23. The maximum Gasteiger partial charge on any atom is 0.337 e. The Labute approximate surface area is 216 Å². The van der Waals surface area contributed by atoms with E-state index in [1.807, 2.05) is 6.08 Å². The van der Waals surface area contributed by atoms with Gasteiger partial charge in [-0.1, -0.05) is 42.5 Å². The van der Waals surface area contributed by atoms with E-state index in [4.69, 9.17) is 14.2 Å². The molecule has 0 fully saturated rings. The zero-order chi connectivity index (χ0) is 26.6. The van der Waals surface area contributed by atoms with Crippen molar-refractivity contribution in [1.29, 1.82) is 0 Å². The molecule has 2 aromatic carbocycles. The van der Waals surface area contributed by atoms with E-state index in [1.54, 1.807) is 50.2 Å². The number of rotatable bonds is 8. The van der Waals surface area contributed by atoms with Crippen molar-refractivity contribution < 1.29 is 33.4 Å². The monoisotopic (exact) mass is 502 g/mol. The minimum atomic E-state index is -1.91. The number of methoxy groups -OCH3 is 1. The Morgan fingerprint density at radius 1 is 0.838 bits per heavy atom. The minimum Gasteiger partial charge on any atom is -0.465 e. The lowest BCUT2D eigenvalue weighted by atomic mass is 9.72. The van der Waals surface area contributed by atoms with Crippen LogP contribution in [0, 0.1) is 0 Å². The van der Waals surface area contributed by atoms with Crippen molar-refractivity contribution in [1.82, 2.24) is 0 Å². The van der Waals surface area contributed by atoms with Crippen LogP contribution in [0.4, 0.5) is 0 Å². The van der Waals surface area contributed by atoms with E-state index in [2.05, 4.69) is 0 Å². The van der Waals surface area contributed by atoms with E-state index in [-0.39, 0.29) is 24.6 Å². The second-order valence-electron chi connectivity index (χ2n) is 8.86. The molecule has 0 amide bonds. The lowest BCUT2D eigenvalue weighted by molar-refractivity contribution is -0.162. The second-order valence-corrected chi connectivity index (χ2v) is 8.86. The van der Waals surface area contributed by atoms with Crippen LogP contribution >= 0.6 is 0 Å². The van der Waals surface area contributed by atoms with E-state index in [0.717, 1.165) is 24.8 Å². The first kappa shape index (κ1) is 26.1. The van der Waals surface area contributed by atoms with Crippen LogP contribution in [0.1, 0.15) is 71.4 Å². The fourth-order valence-electron chi connectivity index (χ4n) is 5.19. The molecule has 37 heavy (non-hydrogen) atoms. The summed E-state index contributed by atoms with van der Waals surface area (Å²) in [5, 5.41) is 0. The highest BCUT2D eigenvalue weighted by molar-refractivity contribution is 6.35. The number of Topliss-reactive ketones (excluding diaryl/α,β-unsaturated/α-hetero) is 1. The van der Waals surface area contributed by atoms with E-state index in [1.165, 1.54) is 19.2 Å². The number of hydrogen-bond acceptors (Lipinski definition) is 7. The Morgan fingerprint density at radius 2 is 1.46 bits per heavy atom. The molecule has 2 aliphatic rings. The lowest BCUT2D eigenvalue weighted by Gasteiger charge is -2.31. The molecule has 0 radical (unpaired) electrons. The van der Waals surface area contributed by atoms with Crippen LogP contribution in [-0.4, -0.2) is 44.0 Å². The van der Waals surface area contributed by atoms with Crippen molar-refractivity contribution in [2.45, 2.75) is 44.9 Å². The van der Waals surface area contributed by atoms with Gasteiger partial charge in [0.05, 0.1) is 25.9 Å². The summed E-state index contributed by atoms with van der Waals surface area (Å²) < 4.78 is 15.8. The van der Waals surface area contributed by atoms with Crippen LogP contribution in [0.3, 0.4) is 0 Å². The van der Waals surface area contributed by atoms with E-state index in [0.29, 0.717) is 34.2 Å². The third kappa shape index (κ3) is 4.39. The Kier molecular flexibility index (Phi) is 7.71. The van der Waals surface area contributed by atoms with E-state index >= 15 is 0 Å². The van der Waals surface area contributed by atoms with Crippen molar-refractivity contribution in [3.8, 4) is 0 Å². The van der Waals surface area contributed by atoms with Crippen LogP contribution < -0.4 is 0 Å². The van der Waals surface area contributed by atoms with Crippen molar-refractivity contribution in [3.05, 3.63) is 88.0 Å². The van der Waals surface area contributed by atoms with Crippen molar-refractivity contribution in [2.75, 3.05) is 20.3 Å². The smallest absolute Gasteiger partial charge is 0.337 e. The number of hydrogen-bond donors (Lipinski definition) is 0. The molecule has 0 heterocycles. The fourth-order valence-corrected chi connectivity index (χ4v) is 5.19. The SMILES string of the molecule is CCOC(=O)C1(C(=O)OCC)C(C2=CCCCC2)=C(C(=O)c2ccc(C(=O)OC)cc2)c2ccccc21. The minimum absolute atomic E-state index is 0.0623. The molecule has 0 aromatic heterocycles. The molecule has 192 valence electrons. The number of carbonyl (C=O) groups excluding carboxylic acids is 4. The number of ketones is 1. The first-order valence-electron chi connectivity index (χ1n) is 12.5. The van der Waals surface area contributed by atoms with Crippen molar-refractivity contribution in [2.24, 2.45) is 0 Å². The molecule has 4 rings (SSSR count). The first-order valence-corrected chi connectivity index (χ1v) is 12.5. The standard InChI is InChI=1S/C30H30O7/c1-4-36-28(33)30(29(34)37-5-2)23-14-10-9-13-22(23)24(25(30)19-11-7-6-8-12-19)26(31)20-15-17-21(18-16-20)27(32)35-3/h9-11,13-18H,4-8,12H2,1-3H3. The number of allylic oxidation sites excluding steroid dienone is 3. The summed E-state index contributed by atoms with van der Waals surface area (Å²) in [7, 11) is 1.29. The summed E-state index contributed by atoms with van der Waals surface area (Å²) in [4.78, 5) is 53.7. The van der Waals surface area contributed by atoms with Gasteiger partial charge in [0, 0.05) is 11.1 Å². The van der Waals surface area contributed by atoms with Crippen LogP contribution in [-0.2, 0) is 29.2 Å². The quantitative estimate of drug-likeness (QED) is 0.217. The van der Waals surface area contributed by atoms with Gasteiger partial charge in [0.25, 0.3) is 0 Å². The van der Waals surface area contributed by atoms with Gasteiger partial charge < -0.3 is 14.2 Å². The molecule has 7 nitrogen and oxygen atoms in total. The maximum absolute atomic E-state index is 14.2. The van der Waals surface area contributed by atoms with Gasteiger partial charge in [0.1, 0.15) is 0 Å².